The van der Waals surface area contributed by atoms with Crippen LogP contribution in [0.15, 0.2) is 48.5 Å². The molecule has 168 valence electrons. The summed E-state index contributed by atoms with van der Waals surface area (Å²) in [6.07, 6.45) is 0.986. The summed E-state index contributed by atoms with van der Waals surface area (Å²) in [5.41, 5.74) is 7.15. The highest BCUT2D eigenvalue weighted by Crippen LogP contribution is 2.30. The number of carboxylic acids is 1. The first kappa shape index (κ1) is 24.2. The van der Waals surface area contributed by atoms with Crippen LogP contribution in [0.5, 0.6) is 5.75 Å². The van der Waals surface area contributed by atoms with Gasteiger partial charge in [-0.05, 0) is 36.1 Å². The minimum Gasteiger partial charge on any atom is -0.508 e. The molecule has 7 N–H and O–H groups in total. The van der Waals surface area contributed by atoms with Crippen molar-refractivity contribution in [2.45, 2.75) is 38.3 Å². The van der Waals surface area contributed by atoms with Gasteiger partial charge in [0.15, 0.2) is 5.96 Å². The maximum absolute atomic E-state index is 12.2. The Labute approximate surface area is 181 Å². The molecule has 0 aliphatic rings. The molecule has 0 aliphatic heterocycles. The molecule has 0 bridgehead atoms. The molecule has 2 rings (SSSR count). The van der Waals surface area contributed by atoms with E-state index in [-0.39, 0.29) is 23.9 Å². The van der Waals surface area contributed by atoms with E-state index in [0.717, 1.165) is 5.56 Å². The van der Waals surface area contributed by atoms with Gasteiger partial charge >= 0.3 is 5.97 Å². The van der Waals surface area contributed by atoms with Gasteiger partial charge in [-0.2, -0.15) is 0 Å². The lowest BCUT2D eigenvalue weighted by Crippen LogP contribution is -2.43. The van der Waals surface area contributed by atoms with E-state index in [4.69, 9.17) is 11.1 Å². The van der Waals surface area contributed by atoms with Crippen molar-refractivity contribution in [1.82, 2.24) is 10.0 Å². The fourth-order valence-electron chi connectivity index (χ4n) is 3.13. The topological polar surface area (TPSA) is 166 Å². The van der Waals surface area contributed by atoms with Gasteiger partial charge in [0.05, 0.1) is 11.8 Å². The van der Waals surface area contributed by atoms with E-state index in [1.54, 1.807) is 30.3 Å². The molecule has 0 fully saturated rings. The number of unbranched alkanes of at least 4 members (excludes halogenated alkanes) is 1. The normalized spacial score (nSPS) is 13.3. The Kier molecular flexibility index (Phi) is 8.40. The van der Waals surface area contributed by atoms with E-state index in [9.17, 15) is 23.4 Å². The molecule has 0 amide bonds. The number of aliphatic carboxylic acids is 1. The van der Waals surface area contributed by atoms with Crippen LogP contribution in [0.25, 0.3) is 0 Å². The second-order valence-corrected chi connectivity index (χ2v) is 9.05. The smallest absolute Gasteiger partial charge is 0.322 e. The van der Waals surface area contributed by atoms with Crippen LogP contribution in [-0.2, 0) is 21.2 Å². The van der Waals surface area contributed by atoms with Crippen molar-refractivity contribution in [1.29, 1.82) is 5.41 Å². The van der Waals surface area contributed by atoms with Crippen molar-refractivity contribution in [3.05, 3.63) is 65.2 Å². The molecule has 9 nitrogen and oxygen atoms in total. The van der Waals surface area contributed by atoms with E-state index in [1.807, 2.05) is 13.0 Å². The lowest BCUT2D eigenvalue weighted by molar-refractivity contribution is -0.138. The zero-order chi connectivity index (χ0) is 23.0. The Balaban J connectivity index is 2.35. The molecule has 31 heavy (non-hydrogen) atoms. The number of nitrogens with one attached hydrogen (secondary N) is 3. The predicted octanol–water partition coefficient (Wildman–Crippen LogP) is 1.68. The Morgan fingerprint density at radius 3 is 2.45 bits per heavy atom. The van der Waals surface area contributed by atoms with E-state index >= 15 is 0 Å². The van der Waals surface area contributed by atoms with Crippen LogP contribution in [0.1, 0.15) is 42.5 Å². The first-order valence-electron chi connectivity index (χ1n) is 9.83. The average molecular weight is 449 g/mol. The highest BCUT2D eigenvalue weighted by atomic mass is 32.2. The lowest BCUT2D eigenvalue weighted by Gasteiger charge is -2.22. The quantitative estimate of drug-likeness (QED) is 0.225. The number of carboxylic acid groups (broad SMARTS) is 1. The van der Waals surface area contributed by atoms with E-state index in [0.29, 0.717) is 24.0 Å². The number of sulfonamides is 1. The van der Waals surface area contributed by atoms with Crippen LogP contribution in [-0.4, -0.2) is 42.4 Å². The largest absolute Gasteiger partial charge is 0.508 e. The minimum atomic E-state index is -3.74. The van der Waals surface area contributed by atoms with Crippen LogP contribution in [0, 0.1) is 5.41 Å². The van der Waals surface area contributed by atoms with Crippen molar-refractivity contribution in [2.75, 3.05) is 5.75 Å². The van der Waals surface area contributed by atoms with Crippen LogP contribution in [0.2, 0.25) is 0 Å². The second kappa shape index (κ2) is 10.8. The molecule has 0 radical (unpaired) electrons. The van der Waals surface area contributed by atoms with Gasteiger partial charge in [0.25, 0.3) is 0 Å². The Morgan fingerprint density at radius 1 is 1.19 bits per heavy atom. The van der Waals surface area contributed by atoms with E-state index in [1.165, 1.54) is 12.1 Å². The van der Waals surface area contributed by atoms with Crippen LogP contribution in [0.4, 0.5) is 0 Å². The third kappa shape index (κ3) is 7.26. The lowest BCUT2D eigenvalue weighted by atomic mass is 9.94. The number of rotatable bonds is 11. The highest BCUT2D eigenvalue weighted by molar-refractivity contribution is 7.89. The summed E-state index contributed by atoms with van der Waals surface area (Å²) in [7, 11) is -3.74. The second-order valence-electron chi connectivity index (χ2n) is 7.18. The molecule has 2 aromatic carbocycles. The van der Waals surface area contributed by atoms with Gasteiger partial charge in [0.1, 0.15) is 11.8 Å². The molecule has 0 saturated heterocycles. The minimum absolute atomic E-state index is 0.0678. The number of nitrogens with two attached hydrogens (primary N) is 1. The zero-order valence-corrected chi connectivity index (χ0v) is 18.0. The Hall–Kier alpha value is -3.11. The van der Waals surface area contributed by atoms with Gasteiger partial charge in [0.2, 0.25) is 10.0 Å². The highest BCUT2D eigenvalue weighted by Gasteiger charge is 2.25. The average Bonchev–Trinajstić information content (AvgIpc) is 2.72. The Bertz CT molecular complexity index is 1010. The third-order valence-electron chi connectivity index (χ3n) is 4.66. The van der Waals surface area contributed by atoms with Gasteiger partial charge in [-0.3, -0.25) is 10.2 Å². The molecule has 0 spiro atoms. The molecule has 2 atom stereocenters. The van der Waals surface area contributed by atoms with Gasteiger partial charge in [-0.1, -0.05) is 49.7 Å². The first-order valence-corrected chi connectivity index (χ1v) is 11.5. The predicted molar refractivity (Wildman–Crippen MR) is 118 cm³/mol. The van der Waals surface area contributed by atoms with Crippen LogP contribution >= 0.6 is 0 Å². The summed E-state index contributed by atoms with van der Waals surface area (Å²) in [6, 6.07) is 11.6. The van der Waals surface area contributed by atoms with Gasteiger partial charge in [-0.25, -0.2) is 13.1 Å². The molecular formula is C21H28N4O5S. The van der Waals surface area contributed by atoms with Crippen molar-refractivity contribution >= 4 is 22.0 Å². The van der Waals surface area contributed by atoms with Gasteiger partial charge in [-0.15, -0.1) is 0 Å². The van der Waals surface area contributed by atoms with Crippen molar-refractivity contribution in [3.8, 4) is 5.75 Å². The molecule has 0 heterocycles. The molecule has 0 aromatic heterocycles. The van der Waals surface area contributed by atoms with Crippen molar-refractivity contribution < 1.29 is 23.4 Å². The number of benzene rings is 2. The molecule has 1 unspecified atom stereocenters. The van der Waals surface area contributed by atoms with Crippen LogP contribution in [0.3, 0.4) is 0 Å². The summed E-state index contributed by atoms with van der Waals surface area (Å²) >= 11 is 0. The number of aromatic hydroxyl groups is 1. The number of hydrogen-bond acceptors (Lipinski definition) is 5. The standard InChI is InChI=1S/C21H28N4O5S/c1-2-3-11-31(29,30)25-17(20(27)28)13-14-9-10-18(26)16(12-14)19(24-21(22)23)15-7-5-4-6-8-15/h4-10,12,17,19,25-26H,2-3,11,13H2,1H3,(H,27,28)(H4,22,23,24)/t17-,19?/m0/s1. The summed E-state index contributed by atoms with van der Waals surface area (Å²) in [4.78, 5) is 11.7. The maximum atomic E-state index is 12.2. The summed E-state index contributed by atoms with van der Waals surface area (Å²) < 4.78 is 26.6. The molecule has 10 heteroatoms. The van der Waals surface area contributed by atoms with E-state index in [2.05, 4.69) is 10.0 Å². The SMILES string of the molecule is CCCCS(=O)(=O)N[C@@H](Cc1ccc(O)c(C(NC(=N)N)c2ccccc2)c1)C(=O)O. The van der Waals surface area contributed by atoms with E-state index < -0.39 is 28.1 Å². The summed E-state index contributed by atoms with van der Waals surface area (Å²) in [5.74, 6) is -1.81. The fraction of sp³-hybridized carbons (Fsp3) is 0.333. The third-order valence-corrected chi connectivity index (χ3v) is 6.13. The van der Waals surface area contributed by atoms with Gasteiger partial charge in [0, 0.05) is 5.56 Å². The van der Waals surface area contributed by atoms with Crippen LogP contribution < -0.4 is 15.8 Å². The monoisotopic (exact) mass is 448 g/mol. The number of hydrogen-bond donors (Lipinski definition) is 6. The number of guanidine groups is 1. The number of phenolic OH excluding ortho intramolecular Hbond substituents is 1. The number of phenols is 1. The molecule has 0 saturated carbocycles. The fourth-order valence-corrected chi connectivity index (χ4v) is 4.53. The zero-order valence-electron chi connectivity index (χ0n) is 17.2. The Morgan fingerprint density at radius 2 is 1.87 bits per heavy atom. The maximum Gasteiger partial charge on any atom is 0.322 e. The first-order chi connectivity index (χ1) is 14.6. The van der Waals surface area contributed by atoms with Gasteiger partial charge < -0.3 is 21.3 Å². The molecular weight excluding hydrogens is 420 g/mol. The summed E-state index contributed by atoms with van der Waals surface area (Å²) in [5, 5.41) is 30.3. The molecule has 0 aliphatic carbocycles. The summed E-state index contributed by atoms with van der Waals surface area (Å²) in [6.45, 7) is 1.85. The van der Waals surface area contributed by atoms with Crippen molar-refractivity contribution in [2.24, 2.45) is 5.73 Å². The number of carbonyl (C=O) groups is 1. The molecule has 2 aromatic rings. The van der Waals surface area contributed by atoms with Crippen molar-refractivity contribution in [3.63, 3.8) is 0 Å².